The highest BCUT2D eigenvalue weighted by atomic mass is 16.7. The van der Waals surface area contributed by atoms with E-state index < -0.39 is 0 Å². The lowest BCUT2D eigenvalue weighted by Gasteiger charge is -2.48. The van der Waals surface area contributed by atoms with Gasteiger partial charge in [-0.2, -0.15) is 0 Å². The fraction of sp³-hybridized carbons (Fsp3) is 0.409. The van der Waals surface area contributed by atoms with E-state index in [4.69, 9.17) is 9.47 Å². The number of piperidine rings is 1. The molecule has 2 aromatic rings. The summed E-state index contributed by atoms with van der Waals surface area (Å²) in [6, 6.07) is 20.7. The molecule has 0 spiro atoms. The predicted molar refractivity (Wildman–Crippen MR) is 103 cm³/mol. The number of benzene rings is 2. The van der Waals surface area contributed by atoms with Crippen LogP contribution in [-0.2, 0) is 20.8 Å². The summed E-state index contributed by atoms with van der Waals surface area (Å²) in [6.07, 6.45) is 0.489. The smallest absolute Gasteiger partial charge is 0.217 e. The van der Waals surface area contributed by atoms with Crippen LogP contribution in [0.15, 0.2) is 60.7 Å². The van der Waals surface area contributed by atoms with E-state index >= 15 is 0 Å². The molecule has 1 unspecified atom stereocenters. The van der Waals surface area contributed by atoms with E-state index in [-0.39, 0.29) is 30.4 Å². The van der Waals surface area contributed by atoms with Crippen molar-refractivity contribution in [1.82, 2.24) is 10.2 Å². The van der Waals surface area contributed by atoms with Crippen LogP contribution in [0, 0.1) is 0 Å². The third-order valence-corrected chi connectivity index (χ3v) is 5.29. The average molecular weight is 366 g/mol. The second kappa shape index (κ2) is 8.21. The van der Waals surface area contributed by atoms with Crippen LogP contribution in [-0.4, -0.2) is 42.1 Å². The Labute approximate surface area is 160 Å². The SMILES string of the molecule is CC(=O)N[C@@H]1C[C@@H]2OC(c3ccccc3)OC[C@H]2N(Cc2ccccc2)C1. The highest BCUT2D eigenvalue weighted by Gasteiger charge is 2.42. The van der Waals surface area contributed by atoms with Crippen molar-refractivity contribution in [2.75, 3.05) is 13.2 Å². The third-order valence-electron chi connectivity index (χ3n) is 5.29. The van der Waals surface area contributed by atoms with Crippen LogP contribution >= 0.6 is 0 Å². The zero-order valence-corrected chi connectivity index (χ0v) is 15.6. The maximum absolute atomic E-state index is 11.6. The van der Waals surface area contributed by atoms with E-state index in [1.54, 1.807) is 6.92 Å². The molecular formula is C22H26N2O3. The number of nitrogens with one attached hydrogen (secondary N) is 1. The van der Waals surface area contributed by atoms with Gasteiger partial charge in [-0.1, -0.05) is 60.7 Å². The highest BCUT2D eigenvalue weighted by molar-refractivity contribution is 5.73. The summed E-state index contributed by atoms with van der Waals surface area (Å²) in [4.78, 5) is 14.0. The van der Waals surface area contributed by atoms with Gasteiger partial charge in [-0.15, -0.1) is 0 Å². The second-order valence-corrected chi connectivity index (χ2v) is 7.37. The van der Waals surface area contributed by atoms with E-state index in [0.29, 0.717) is 6.61 Å². The fourth-order valence-corrected chi connectivity index (χ4v) is 4.09. The Morgan fingerprint density at radius 2 is 1.81 bits per heavy atom. The minimum atomic E-state index is -0.345. The molecule has 4 rings (SSSR count). The number of likely N-dealkylation sites (tertiary alicyclic amines) is 1. The summed E-state index contributed by atoms with van der Waals surface area (Å²) in [7, 11) is 0. The molecule has 4 atom stereocenters. The number of fused-ring (bicyclic) bond motifs is 1. The van der Waals surface area contributed by atoms with Crippen LogP contribution in [0.2, 0.25) is 0 Å². The van der Waals surface area contributed by atoms with Crippen LogP contribution in [0.3, 0.4) is 0 Å². The number of hydrogen-bond acceptors (Lipinski definition) is 4. The fourth-order valence-electron chi connectivity index (χ4n) is 4.09. The molecule has 0 aromatic heterocycles. The second-order valence-electron chi connectivity index (χ2n) is 7.37. The molecule has 0 bridgehead atoms. The van der Waals surface area contributed by atoms with Gasteiger partial charge < -0.3 is 14.8 Å². The first kappa shape index (κ1) is 18.2. The molecule has 0 radical (unpaired) electrons. The van der Waals surface area contributed by atoms with E-state index in [0.717, 1.165) is 25.1 Å². The van der Waals surface area contributed by atoms with Gasteiger partial charge in [0.2, 0.25) is 5.91 Å². The van der Waals surface area contributed by atoms with Crippen LogP contribution in [0.5, 0.6) is 0 Å². The molecule has 5 heteroatoms. The van der Waals surface area contributed by atoms with Crippen molar-refractivity contribution in [3.8, 4) is 0 Å². The first-order valence-electron chi connectivity index (χ1n) is 9.56. The molecule has 2 aromatic carbocycles. The molecule has 2 saturated heterocycles. The van der Waals surface area contributed by atoms with E-state index in [9.17, 15) is 4.79 Å². The molecule has 0 aliphatic carbocycles. The van der Waals surface area contributed by atoms with Crippen molar-refractivity contribution in [2.45, 2.75) is 44.4 Å². The van der Waals surface area contributed by atoms with Gasteiger partial charge in [-0.05, 0) is 12.0 Å². The van der Waals surface area contributed by atoms with E-state index in [1.165, 1.54) is 5.56 Å². The first-order valence-corrected chi connectivity index (χ1v) is 9.56. The van der Waals surface area contributed by atoms with E-state index in [1.807, 2.05) is 36.4 Å². The molecule has 5 nitrogen and oxygen atoms in total. The summed E-state index contributed by atoms with van der Waals surface area (Å²) >= 11 is 0. The summed E-state index contributed by atoms with van der Waals surface area (Å²) < 4.78 is 12.4. The normalized spacial score (nSPS) is 28.3. The molecule has 2 aliphatic rings. The monoisotopic (exact) mass is 366 g/mol. The number of rotatable bonds is 4. The van der Waals surface area contributed by atoms with Gasteiger partial charge in [0.1, 0.15) is 0 Å². The summed E-state index contributed by atoms with van der Waals surface area (Å²) in [6.45, 7) is 3.83. The standard InChI is InChI=1S/C22H26N2O3/c1-16(25)23-19-12-21-20(24(14-19)13-17-8-4-2-5-9-17)15-26-22(27-21)18-10-6-3-7-11-18/h2-11,19-22H,12-15H2,1H3,(H,23,25)/t19-,20-,21+,22?/m1/s1. The quantitative estimate of drug-likeness (QED) is 0.904. The zero-order valence-electron chi connectivity index (χ0n) is 15.6. The Hall–Kier alpha value is -2.21. The van der Waals surface area contributed by atoms with Crippen molar-refractivity contribution < 1.29 is 14.3 Å². The van der Waals surface area contributed by atoms with Gasteiger partial charge in [0.15, 0.2) is 6.29 Å². The molecule has 27 heavy (non-hydrogen) atoms. The lowest BCUT2D eigenvalue weighted by atomic mass is 9.93. The van der Waals surface area contributed by atoms with E-state index in [2.05, 4.69) is 34.5 Å². The van der Waals surface area contributed by atoms with Gasteiger partial charge >= 0.3 is 0 Å². The lowest BCUT2D eigenvalue weighted by molar-refractivity contribution is -0.256. The Morgan fingerprint density at radius 3 is 2.52 bits per heavy atom. The Kier molecular flexibility index (Phi) is 5.53. The molecule has 2 aliphatic heterocycles. The van der Waals surface area contributed by atoms with Crippen molar-refractivity contribution in [3.05, 3.63) is 71.8 Å². The number of amides is 1. The van der Waals surface area contributed by atoms with Crippen molar-refractivity contribution in [1.29, 1.82) is 0 Å². The largest absolute Gasteiger partial charge is 0.352 e. The minimum absolute atomic E-state index is 0.00443. The number of hydrogen-bond donors (Lipinski definition) is 1. The predicted octanol–water partition coefficient (Wildman–Crippen LogP) is 2.88. The van der Waals surface area contributed by atoms with Gasteiger partial charge in [-0.25, -0.2) is 0 Å². The molecule has 0 saturated carbocycles. The molecule has 1 amide bonds. The van der Waals surface area contributed by atoms with Gasteiger partial charge in [0.05, 0.1) is 18.8 Å². The minimum Gasteiger partial charge on any atom is -0.352 e. The maximum atomic E-state index is 11.6. The summed E-state index contributed by atoms with van der Waals surface area (Å²) in [5.41, 5.74) is 2.29. The van der Waals surface area contributed by atoms with Crippen LogP contribution < -0.4 is 5.32 Å². The zero-order chi connectivity index (χ0) is 18.6. The number of carbonyl (C=O) groups excluding carboxylic acids is 1. The first-order chi connectivity index (χ1) is 13.2. The van der Waals surface area contributed by atoms with Crippen LogP contribution in [0.4, 0.5) is 0 Å². The Bertz CT molecular complexity index is 753. The number of carbonyl (C=O) groups is 1. The molecular weight excluding hydrogens is 340 g/mol. The van der Waals surface area contributed by atoms with Gasteiger partial charge in [0.25, 0.3) is 0 Å². The Balaban J connectivity index is 1.51. The molecule has 1 N–H and O–H groups in total. The molecule has 2 heterocycles. The number of nitrogens with zero attached hydrogens (tertiary/aromatic N) is 1. The average Bonchev–Trinajstić information content (AvgIpc) is 2.68. The van der Waals surface area contributed by atoms with Crippen molar-refractivity contribution in [3.63, 3.8) is 0 Å². The van der Waals surface area contributed by atoms with Gasteiger partial charge in [-0.3, -0.25) is 9.69 Å². The number of ether oxygens (including phenoxy) is 2. The Morgan fingerprint density at radius 1 is 1.11 bits per heavy atom. The molecule has 142 valence electrons. The third kappa shape index (κ3) is 4.38. The highest BCUT2D eigenvalue weighted by Crippen LogP contribution is 2.33. The lowest BCUT2D eigenvalue weighted by Crippen LogP contribution is -2.61. The van der Waals surface area contributed by atoms with Crippen molar-refractivity contribution in [2.24, 2.45) is 0 Å². The summed E-state index contributed by atoms with van der Waals surface area (Å²) in [5.74, 6) is 0.00443. The maximum Gasteiger partial charge on any atom is 0.217 e. The van der Waals surface area contributed by atoms with Crippen molar-refractivity contribution >= 4 is 5.91 Å². The summed E-state index contributed by atoms with van der Waals surface area (Å²) in [5, 5.41) is 3.08. The topological polar surface area (TPSA) is 50.8 Å². The molecule has 2 fully saturated rings. The van der Waals surface area contributed by atoms with Crippen LogP contribution in [0.1, 0.15) is 30.8 Å². The van der Waals surface area contributed by atoms with Gasteiger partial charge in [0, 0.05) is 31.6 Å². The van der Waals surface area contributed by atoms with Crippen LogP contribution in [0.25, 0.3) is 0 Å².